The molecule has 0 aromatic rings. The Morgan fingerprint density at radius 2 is 2.18 bits per heavy atom. The molecule has 0 radical (unpaired) electrons. The van der Waals surface area contributed by atoms with Gasteiger partial charge in [0.05, 0.1) is 12.4 Å². The van der Waals surface area contributed by atoms with E-state index in [2.05, 4.69) is 4.52 Å². The summed E-state index contributed by atoms with van der Waals surface area (Å²) in [4.78, 5) is 0. The first-order chi connectivity index (χ1) is 5.04. The Balaban J connectivity index is 4.35. The van der Waals surface area contributed by atoms with Crippen molar-refractivity contribution in [2.45, 2.75) is 6.92 Å². The van der Waals surface area contributed by atoms with Crippen LogP contribution in [0.4, 0.5) is 0 Å². The van der Waals surface area contributed by atoms with Crippen molar-refractivity contribution in [3.05, 3.63) is 10.3 Å². The molecule has 0 fully saturated rings. The fraction of sp³-hybridized carbons (Fsp3) is 0.600. The highest BCUT2D eigenvalue weighted by molar-refractivity contribution is 7.57. The second kappa shape index (κ2) is 5.18. The standard InChI is InChI=1S/C5H9Cl2O3P/c1-3-10-11(8,9-2)4-5(6)7/h4H,3H2,1-2H3. The van der Waals surface area contributed by atoms with Crippen molar-refractivity contribution in [2.75, 3.05) is 13.7 Å². The summed E-state index contributed by atoms with van der Waals surface area (Å²) < 4.78 is 20.5. The van der Waals surface area contributed by atoms with E-state index in [0.717, 1.165) is 5.82 Å². The van der Waals surface area contributed by atoms with E-state index in [9.17, 15) is 4.57 Å². The summed E-state index contributed by atoms with van der Waals surface area (Å²) in [6.45, 7) is 1.98. The van der Waals surface area contributed by atoms with Gasteiger partial charge in [0.1, 0.15) is 4.49 Å². The fourth-order valence-corrected chi connectivity index (χ4v) is 2.04. The molecule has 0 aliphatic carbocycles. The third-order valence-corrected chi connectivity index (χ3v) is 3.04. The highest BCUT2D eigenvalue weighted by Gasteiger charge is 2.18. The average molecular weight is 219 g/mol. The van der Waals surface area contributed by atoms with E-state index in [1.807, 2.05) is 0 Å². The average Bonchev–Trinajstić information content (AvgIpc) is 1.87. The van der Waals surface area contributed by atoms with Crippen molar-refractivity contribution in [1.82, 2.24) is 0 Å². The van der Waals surface area contributed by atoms with E-state index in [1.165, 1.54) is 7.11 Å². The minimum Gasteiger partial charge on any atom is -0.309 e. The van der Waals surface area contributed by atoms with Gasteiger partial charge in [0.25, 0.3) is 0 Å². The predicted molar refractivity (Wildman–Crippen MR) is 46.0 cm³/mol. The second-order valence-electron chi connectivity index (χ2n) is 1.56. The van der Waals surface area contributed by atoms with Gasteiger partial charge in [-0.25, -0.2) is 0 Å². The largest absolute Gasteiger partial charge is 0.356 e. The summed E-state index contributed by atoms with van der Waals surface area (Å²) in [5.74, 6) is 1.06. The van der Waals surface area contributed by atoms with Crippen LogP contribution in [0, 0.1) is 0 Å². The lowest BCUT2D eigenvalue weighted by atomic mass is 10.9. The lowest BCUT2D eigenvalue weighted by molar-refractivity contribution is 0.253. The molecule has 0 spiro atoms. The molecule has 0 saturated heterocycles. The first kappa shape index (κ1) is 11.5. The Kier molecular flexibility index (Phi) is 5.40. The highest BCUT2D eigenvalue weighted by Crippen LogP contribution is 2.50. The third-order valence-electron chi connectivity index (χ3n) is 0.819. The molecule has 1 unspecified atom stereocenters. The Bertz CT molecular complexity index is 188. The molecular formula is C5H9Cl2O3P. The molecule has 0 N–H and O–H groups in total. The van der Waals surface area contributed by atoms with Crippen LogP contribution >= 0.6 is 30.8 Å². The molecule has 0 heterocycles. The fourth-order valence-electron chi connectivity index (χ4n) is 0.442. The molecule has 66 valence electrons. The lowest BCUT2D eigenvalue weighted by Crippen LogP contribution is -1.88. The Hall–Kier alpha value is 0.470. The van der Waals surface area contributed by atoms with E-state index in [4.69, 9.17) is 27.7 Å². The molecule has 0 aromatic heterocycles. The van der Waals surface area contributed by atoms with Crippen LogP contribution in [-0.4, -0.2) is 13.7 Å². The topological polar surface area (TPSA) is 35.5 Å². The lowest BCUT2D eigenvalue weighted by Gasteiger charge is -2.09. The summed E-state index contributed by atoms with van der Waals surface area (Å²) in [5, 5.41) is 0. The minimum atomic E-state index is -3.18. The van der Waals surface area contributed by atoms with Gasteiger partial charge in [-0.15, -0.1) is 0 Å². The van der Waals surface area contributed by atoms with Gasteiger partial charge in [-0.2, -0.15) is 0 Å². The van der Waals surface area contributed by atoms with E-state index < -0.39 is 7.60 Å². The Morgan fingerprint density at radius 3 is 2.45 bits per heavy atom. The minimum absolute atomic E-state index is 0.122. The van der Waals surface area contributed by atoms with Crippen molar-refractivity contribution >= 4 is 30.8 Å². The Morgan fingerprint density at radius 1 is 1.64 bits per heavy atom. The molecule has 0 aromatic carbocycles. The first-order valence-corrected chi connectivity index (χ1v) is 5.24. The van der Waals surface area contributed by atoms with Crippen molar-refractivity contribution in [3.8, 4) is 0 Å². The van der Waals surface area contributed by atoms with Gasteiger partial charge in [0, 0.05) is 7.11 Å². The van der Waals surface area contributed by atoms with Gasteiger partial charge < -0.3 is 9.05 Å². The molecule has 6 heteroatoms. The van der Waals surface area contributed by atoms with E-state index in [-0.39, 0.29) is 11.1 Å². The molecule has 0 amide bonds. The van der Waals surface area contributed by atoms with Crippen molar-refractivity contribution in [3.63, 3.8) is 0 Å². The van der Waals surface area contributed by atoms with Crippen LogP contribution in [-0.2, 0) is 13.6 Å². The molecule has 11 heavy (non-hydrogen) atoms. The molecule has 0 bridgehead atoms. The van der Waals surface area contributed by atoms with Crippen LogP contribution in [0.3, 0.4) is 0 Å². The van der Waals surface area contributed by atoms with E-state index >= 15 is 0 Å². The van der Waals surface area contributed by atoms with Crippen LogP contribution in [0.15, 0.2) is 10.3 Å². The number of hydrogen-bond donors (Lipinski definition) is 0. The van der Waals surface area contributed by atoms with Crippen LogP contribution in [0.2, 0.25) is 0 Å². The monoisotopic (exact) mass is 218 g/mol. The smallest absolute Gasteiger partial charge is 0.309 e. The summed E-state index contributed by atoms with van der Waals surface area (Å²) in [6, 6.07) is 0. The zero-order valence-corrected chi connectivity index (χ0v) is 8.62. The molecule has 0 saturated carbocycles. The third kappa shape index (κ3) is 4.83. The zero-order chi connectivity index (χ0) is 8.91. The molecule has 3 nitrogen and oxygen atoms in total. The molecule has 0 aliphatic heterocycles. The summed E-state index contributed by atoms with van der Waals surface area (Å²) in [7, 11) is -1.91. The van der Waals surface area contributed by atoms with Gasteiger partial charge in [0.15, 0.2) is 0 Å². The summed E-state index contributed by atoms with van der Waals surface area (Å²) in [5.41, 5.74) is 0. The predicted octanol–water partition coefficient (Wildman–Crippen LogP) is 3.14. The molecule has 0 rings (SSSR count). The molecule has 0 aliphatic rings. The van der Waals surface area contributed by atoms with Crippen molar-refractivity contribution < 1.29 is 13.6 Å². The van der Waals surface area contributed by atoms with Gasteiger partial charge in [-0.05, 0) is 6.92 Å². The summed E-state index contributed by atoms with van der Waals surface area (Å²) >= 11 is 10.5. The van der Waals surface area contributed by atoms with E-state index in [0.29, 0.717) is 0 Å². The maximum atomic E-state index is 11.3. The van der Waals surface area contributed by atoms with Crippen LogP contribution < -0.4 is 0 Å². The maximum Gasteiger partial charge on any atom is 0.356 e. The van der Waals surface area contributed by atoms with Gasteiger partial charge in [0.2, 0.25) is 0 Å². The molecular weight excluding hydrogens is 210 g/mol. The van der Waals surface area contributed by atoms with Crippen LogP contribution in [0.25, 0.3) is 0 Å². The maximum absolute atomic E-state index is 11.3. The SMILES string of the molecule is CCOP(=O)(C=C(Cl)Cl)OC. The highest BCUT2D eigenvalue weighted by atomic mass is 35.5. The normalized spacial score (nSPS) is 15.6. The van der Waals surface area contributed by atoms with E-state index in [1.54, 1.807) is 6.92 Å². The number of halogens is 2. The first-order valence-electron chi connectivity index (χ1n) is 2.88. The second-order valence-corrected chi connectivity index (χ2v) is 4.53. The Labute approximate surface area is 75.8 Å². The summed E-state index contributed by atoms with van der Waals surface area (Å²) in [6.07, 6.45) is 0. The van der Waals surface area contributed by atoms with Crippen LogP contribution in [0.1, 0.15) is 6.92 Å². The quantitative estimate of drug-likeness (QED) is 0.681. The van der Waals surface area contributed by atoms with Gasteiger partial charge in [-0.1, -0.05) is 23.2 Å². The molecule has 1 atom stereocenters. The van der Waals surface area contributed by atoms with Gasteiger partial charge in [-0.3, -0.25) is 4.57 Å². The number of rotatable bonds is 4. The number of hydrogen-bond acceptors (Lipinski definition) is 3. The van der Waals surface area contributed by atoms with Crippen LogP contribution in [0.5, 0.6) is 0 Å². The van der Waals surface area contributed by atoms with Crippen molar-refractivity contribution in [1.29, 1.82) is 0 Å². The van der Waals surface area contributed by atoms with Crippen molar-refractivity contribution in [2.24, 2.45) is 0 Å². The van der Waals surface area contributed by atoms with Gasteiger partial charge >= 0.3 is 7.60 Å². The zero-order valence-electron chi connectivity index (χ0n) is 6.21.